The van der Waals surface area contributed by atoms with Crippen LogP contribution < -0.4 is 10.2 Å². The molecule has 0 atom stereocenters. The molecule has 1 aliphatic heterocycles. The Bertz CT molecular complexity index is 958. The zero-order valence-corrected chi connectivity index (χ0v) is 17.0. The monoisotopic (exact) mass is 416 g/mol. The first kappa shape index (κ1) is 21.5. The predicted molar refractivity (Wildman–Crippen MR) is 108 cm³/mol. The SMILES string of the molecule is Cc1cc(F)ccc1N1CCC(Cc2nc(C)c(O)c(C(=O)NCC(=O)O)n2)CC1. The molecule has 1 aromatic heterocycles. The number of halogens is 1. The van der Waals surface area contributed by atoms with Crippen LogP contribution in [0.25, 0.3) is 0 Å². The average molecular weight is 416 g/mol. The van der Waals surface area contributed by atoms with E-state index in [4.69, 9.17) is 5.11 Å². The molecule has 0 spiro atoms. The number of aromatic nitrogens is 2. The summed E-state index contributed by atoms with van der Waals surface area (Å²) in [6.45, 7) is 4.56. The molecule has 1 aromatic carbocycles. The van der Waals surface area contributed by atoms with Crippen molar-refractivity contribution in [2.75, 3.05) is 24.5 Å². The van der Waals surface area contributed by atoms with Crippen molar-refractivity contribution < 1.29 is 24.2 Å². The lowest BCUT2D eigenvalue weighted by Crippen LogP contribution is -2.35. The lowest BCUT2D eigenvalue weighted by atomic mass is 9.92. The molecular formula is C21H25FN4O4. The zero-order chi connectivity index (χ0) is 21.8. The van der Waals surface area contributed by atoms with Crippen molar-refractivity contribution in [3.63, 3.8) is 0 Å². The molecule has 1 aliphatic rings. The molecule has 2 heterocycles. The number of aromatic hydroxyl groups is 1. The third-order valence-electron chi connectivity index (χ3n) is 5.31. The fraction of sp³-hybridized carbons (Fsp3) is 0.429. The molecule has 3 N–H and O–H groups in total. The standard InChI is InChI=1S/C21H25FN4O4/c1-12-9-15(22)3-4-16(12)26-7-5-14(6-8-26)10-17-24-13(2)20(29)19(25-17)21(30)23-11-18(27)28/h3-4,9,14,29H,5-8,10-11H2,1-2H3,(H,23,30)(H,27,28). The molecule has 0 bridgehead atoms. The number of amides is 1. The molecule has 0 saturated carbocycles. The Kier molecular flexibility index (Phi) is 6.49. The molecule has 160 valence electrons. The Hall–Kier alpha value is -3.23. The Balaban J connectivity index is 1.66. The molecule has 3 rings (SSSR count). The Labute approximate surface area is 173 Å². The number of rotatable bonds is 6. The first-order valence-corrected chi connectivity index (χ1v) is 9.82. The van der Waals surface area contributed by atoms with Gasteiger partial charge in [-0.3, -0.25) is 9.59 Å². The molecule has 0 radical (unpaired) electrons. The van der Waals surface area contributed by atoms with Crippen LogP contribution in [0.5, 0.6) is 5.75 Å². The highest BCUT2D eigenvalue weighted by molar-refractivity contribution is 5.96. The van der Waals surface area contributed by atoms with Crippen molar-refractivity contribution in [3.05, 3.63) is 46.8 Å². The normalized spacial score (nSPS) is 14.6. The molecule has 30 heavy (non-hydrogen) atoms. The van der Waals surface area contributed by atoms with Gasteiger partial charge in [-0.1, -0.05) is 0 Å². The van der Waals surface area contributed by atoms with Gasteiger partial charge in [0.25, 0.3) is 5.91 Å². The Morgan fingerprint density at radius 1 is 1.23 bits per heavy atom. The third kappa shape index (κ3) is 5.03. The van der Waals surface area contributed by atoms with Crippen LogP contribution in [0.3, 0.4) is 0 Å². The van der Waals surface area contributed by atoms with Gasteiger partial charge in [-0.05, 0) is 56.4 Å². The van der Waals surface area contributed by atoms with Gasteiger partial charge in [0, 0.05) is 25.2 Å². The lowest BCUT2D eigenvalue weighted by Gasteiger charge is -2.34. The van der Waals surface area contributed by atoms with Crippen LogP contribution in [0.15, 0.2) is 18.2 Å². The van der Waals surface area contributed by atoms with E-state index in [0.29, 0.717) is 18.2 Å². The summed E-state index contributed by atoms with van der Waals surface area (Å²) in [5, 5.41) is 21.0. The molecule has 0 aliphatic carbocycles. The van der Waals surface area contributed by atoms with Gasteiger partial charge in [0.15, 0.2) is 11.4 Å². The van der Waals surface area contributed by atoms with Crippen molar-refractivity contribution in [2.24, 2.45) is 5.92 Å². The van der Waals surface area contributed by atoms with Crippen molar-refractivity contribution in [1.29, 1.82) is 0 Å². The van der Waals surface area contributed by atoms with E-state index in [9.17, 15) is 19.1 Å². The van der Waals surface area contributed by atoms with Crippen molar-refractivity contribution in [3.8, 4) is 5.75 Å². The minimum atomic E-state index is -1.18. The molecule has 1 fully saturated rings. The third-order valence-corrected chi connectivity index (χ3v) is 5.31. The van der Waals surface area contributed by atoms with E-state index >= 15 is 0 Å². The van der Waals surface area contributed by atoms with Gasteiger partial charge in [0.05, 0.1) is 5.69 Å². The molecule has 9 heteroatoms. The number of hydrogen-bond acceptors (Lipinski definition) is 6. The summed E-state index contributed by atoms with van der Waals surface area (Å²) in [6, 6.07) is 4.81. The molecular weight excluding hydrogens is 391 g/mol. The number of nitrogens with zero attached hydrogens (tertiary/aromatic N) is 3. The van der Waals surface area contributed by atoms with Crippen LogP contribution in [0.2, 0.25) is 0 Å². The van der Waals surface area contributed by atoms with E-state index in [1.165, 1.54) is 12.1 Å². The maximum Gasteiger partial charge on any atom is 0.322 e. The van der Waals surface area contributed by atoms with Crippen molar-refractivity contribution in [1.82, 2.24) is 15.3 Å². The molecule has 1 saturated heterocycles. The number of nitrogens with one attached hydrogen (secondary N) is 1. The summed E-state index contributed by atoms with van der Waals surface area (Å²) in [5.74, 6) is -1.76. The predicted octanol–water partition coefficient (Wildman–Crippen LogP) is 2.21. The second-order valence-corrected chi connectivity index (χ2v) is 7.56. The van der Waals surface area contributed by atoms with Crippen molar-refractivity contribution in [2.45, 2.75) is 33.1 Å². The highest BCUT2D eigenvalue weighted by Gasteiger charge is 2.24. The summed E-state index contributed by atoms with van der Waals surface area (Å²) in [6.07, 6.45) is 2.33. The number of aliphatic carboxylic acids is 1. The summed E-state index contributed by atoms with van der Waals surface area (Å²) < 4.78 is 13.3. The number of piperidine rings is 1. The number of carboxylic acids is 1. The fourth-order valence-corrected chi connectivity index (χ4v) is 3.72. The maximum absolute atomic E-state index is 13.3. The smallest absolute Gasteiger partial charge is 0.322 e. The van der Waals surface area contributed by atoms with Crippen LogP contribution in [0.1, 0.15) is 40.4 Å². The first-order valence-electron chi connectivity index (χ1n) is 9.82. The summed E-state index contributed by atoms with van der Waals surface area (Å²) >= 11 is 0. The van der Waals surface area contributed by atoms with E-state index < -0.39 is 18.4 Å². The summed E-state index contributed by atoms with van der Waals surface area (Å²) in [4.78, 5) is 33.5. The van der Waals surface area contributed by atoms with Gasteiger partial charge < -0.3 is 20.4 Å². The maximum atomic E-state index is 13.3. The second-order valence-electron chi connectivity index (χ2n) is 7.56. The zero-order valence-electron chi connectivity index (χ0n) is 17.0. The number of hydrogen-bond donors (Lipinski definition) is 3. The first-order chi connectivity index (χ1) is 14.2. The van der Waals surface area contributed by atoms with E-state index in [1.54, 1.807) is 13.0 Å². The Morgan fingerprint density at radius 3 is 2.57 bits per heavy atom. The summed E-state index contributed by atoms with van der Waals surface area (Å²) in [7, 11) is 0. The van der Waals surface area contributed by atoms with Gasteiger partial charge in [-0.25, -0.2) is 14.4 Å². The number of aryl methyl sites for hydroxylation is 2. The van der Waals surface area contributed by atoms with Crippen molar-refractivity contribution >= 4 is 17.6 Å². The van der Waals surface area contributed by atoms with E-state index in [2.05, 4.69) is 20.2 Å². The second kappa shape index (κ2) is 9.06. The van der Waals surface area contributed by atoms with Crippen LogP contribution in [-0.2, 0) is 11.2 Å². The highest BCUT2D eigenvalue weighted by Crippen LogP contribution is 2.28. The number of carboxylic acid groups (broad SMARTS) is 1. The summed E-state index contributed by atoms with van der Waals surface area (Å²) in [5.41, 5.74) is 2.00. The molecule has 1 amide bonds. The highest BCUT2D eigenvalue weighted by atomic mass is 19.1. The van der Waals surface area contributed by atoms with Crippen LogP contribution in [0, 0.1) is 25.6 Å². The fourth-order valence-electron chi connectivity index (χ4n) is 3.72. The number of benzene rings is 1. The number of carbonyl (C=O) groups excluding carboxylic acids is 1. The van der Waals surface area contributed by atoms with Crippen LogP contribution in [0.4, 0.5) is 10.1 Å². The minimum Gasteiger partial charge on any atom is -0.504 e. The Morgan fingerprint density at radius 2 is 1.93 bits per heavy atom. The lowest BCUT2D eigenvalue weighted by molar-refractivity contribution is -0.135. The quantitative estimate of drug-likeness (QED) is 0.661. The van der Waals surface area contributed by atoms with E-state index in [1.807, 2.05) is 6.92 Å². The van der Waals surface area contributed by atoms with Gasteiger partial charge in [-0.2, -0.15) is 0 Å². The van der Waals surface area contributed by atoms with Gasteiger partial charge in [0.2, 0.25) is 0 Å². The minimum absolute atomic E-state index is 0.210. The van der Waals surface area contributed by atoms with E-state index in [-0.39, 0.29) is 23.0 Å². The number of carbonyl (C=O) groups is 2. The number of anilines is 1. The van der Waals surface area contributed by atoms with Gasteiger partial charge >= 0.3 is 5.97 Å². The largest absolute Gasteiger partial charge is 0.504 e. The molecule has 2 aromatic rings. The van der Waals surface area contributed by atoms with Crippen LogP contribution in [-0.4, -0.2) is 51.7 Å². The topological polar surface area (TPSA) is 116 Å². The molecule has 8 nitrogen and oxygen atoms in total. The van der Waals surface area contributed by atoms with Gasteiger partial charge in [0.1, 0.15) is 18.2 Å². The van der Waals surface area contributed by atoms with E-state index in [0.717, 1.165) is 37.2 Å². The average Bonchev–Trinajstić information content (AvgIpc) is 2.69. The molecule has 0 unspecified atom stereocenters. The van der Waals surface area contributed by atoms with Crippen LogP contribution >= 0.6 is 0 Å². The van der Waals surface area contributed by atoms with Gasteiger partial charge in [-0.15, -0.1) is 0 Å².